The lowest BCUT2D eigenvalue weighted by atomic mass is 10.2. The first-order chi connectivity index (χ1) is 11.7. The van der Waals surface area contributed by atoms with E-state index >= 15 is 0 Å². The summed E-state index contributed by atoms with van der Waals surface area (Å²) in [5.41, 5.74) is 1.62. The minimum Gasteiger partial charge on any atom is -0.377 e. The van der Waals surface area contributed by atoms with E-state index in [1.54, 1.807) is 11.8 Å². The highest BCUT2D eigenvalue weighted by atomic mass is 35.5. The summed E-state index contributed by atoms with van der Waals surface area (Å²) in [4.78, 5) is 13.5. The van der Waals surface area contributed by atoms with Gasteiger partial charge < -0.3 is 10.1 Å². The number of hydrogen-bond donors (Lipinski definition) is 1. The molecule has 0 bridgehead atoms. The average molecular weight is 362 g/mol. The van der Waals surface area contributed by atoms with Gasteiger partial charge in [-0.1, -0.05) is 41.9 Å². The van der Waals surface area contributed by atoms with Crippen LogP contribution in [0.15, 0.2) is 53.4 Å². The first kappa shape index (κ1) is 17.3. The van der Waals surface area contributed by atoms with E-state index < -0.39 is 0 Å². The molecule has 126 valence electrons. The maximum atomic E-state index is 12.5. The quantitative estimate of drug-likeness (QED) is 0.767. The van der Waals surface area contributed by atoms with Gasteiger partial charge in [0.15, 0.2) is 0 Å². The zero-order valence-electron chi connectivity index (χ0n) is 13.3. The molecule has 0 aromatic heterocycles. The summed E-state index contributed by atoms with van der Waals surface area (Å²) in [6.07, 6.45) is 2.54. The predicted molar refractivity (Wildman–Crippen MR) is 98.8 cm³/mol. The van der Waals surface area contributed by atoms with Crippen molar-refractivity contribution in [3.8, 4) is 0 Å². The first-order valence-corrected chi connectivity index (χ1v) is 9.45. The molecule has 2 aromatic carbocycles. The second-order valence-corrected chi connectivity index (χ2v) is 7.19. The van der Waals surface area contributed by atoms with Gasteiger partial charge >= 0.3 is 0 Å². The van der Waals surface area contributed by atoms with Gasteiger partial charge in [-0.25, -0.2) is 0 Å². The van der Waals surface area contributed by atoms with Crippen molar-refractivity contribution in [1.29, 1.82) is 0 Å². The summed E-state index contributed by atoms with van der Waals surface area (Å²) in [5.74, 6) is 0.805. The fourth-order valence-corrected chi connectivity index (χ4v) is 3.97. The van der Waals surface area contributed by atoms with Crippen LogP contribution in [0.5, 0.6) is 0 Å². The molecule has 1 saturated heterocycles. The van der Waals surface area contributed by atoms with Crippen molar-refractivity contribution in [3.63, 3.8) is 0 Å². The van der Waals surface area contributed by atoms with E-state index in [0.29, 0.717) is 23.2 Å². The van der Waals surface area contributed by atoms with Gasteiger partial charge in [-0.3, -0.25) is 4.79 Å². The highest BCUT2D eigenvalue weighted by Crippen LogP contribution is 2.27. The van der Waals surface area contributed by atoms with Crippen molar-refractivity contribution < 1.29 is 9.53 Å². The molecule has 1 heterocycles. The smallest absolute Gasteiger partial charge is 0.252 e. The van der Waals surface area contributed by atoms with Crippen LogP contribution in [0.3, 0.4) is 0 Å². The second-order valence-electron chi connectivity index (χ2n) is 5.72. The molecule has 0 saturated carbocycles. The van der Waals surface area contributed by atoms with Crippen molar-refractivity contribution in [1.82, 2.24) is 5.32 Å². The van der Waals surface area contributed by atoms with Crippen molar-refractivity contribution in [2.45, 2.75) is 30.4 Å². The Hall–Kier alpha value is -1.49. The molecule has 0 unspecified atom stereocenters. The molecule has 5 heteroatoms. The number of amides is 1. The maximum absolute atomic E-state index is 12.5. The number of carbonyl (C=O) groups is 1. The molecule has 1 aliphatic rings. The van der Waals surface area contributed by atoms with E-state index in [1.807, 2.05) is 48.5 Å². The van der Waals surface area contributed by atoms with Crippen molar-refractivity contribution >= 4 is 29.3 Å². The van der Waals surface area contributed by atoms with E-state index in [2.05, 4.69) is 5.32 Å². The zero-order chi connectivity index (χ0) is 16.8. The van der Waals surface area contributed by atoms with Crippen molar-refractivity contribution in [2.24, 2.45) is 0 Å². The summed E-state index contributed by atoms with van der Waals surface area (Å²) in [6.45, 7) is 1.27. The molecule has 0 spiro atoms. The Balaban J connectivity index is 1.62. The normalized spacial score (nSPS) is 17.0. The molecule has 1 atom stereocenters. The standard InChI is InChI=1S/C19H20ClNO2S/c20-17-9-3-1-6-14(17)12-21-19(22)16-8-2-4-10-18(16)24-13-15-7-5-11-23-15/h1-4,6,8-10,15H,5,7,11-13H2,(H,21,22)/t15-/m1/s1. The van der Waals surface area contributed by atoms with E-state index in [4.69, 9.17) is 16.3 Å². The Morgan fingerprint density at radius 1 is 1.21 bits per heavy atom. The molecule has 2 aromatic rings. The third-order valence-corrected chi connectivity index (χ3v) is 5.55. The zero-order valence-corrected chi connectivity index (χ0v) is 14.9. The number of thioether (sulfide) groups is 1. The molecule has 3 rings (SSSR count). The van der Waals surface area contributed by atoms with E-state index in [1.165, 1.54) is 0 Å². The summed E-state index contributed by atoms with van der Waals surface area (Å²) in [7, 11) is 0. The monoisotopic (exact) mass is 361 g/mol. The number of hydrogen-bond acceptors (Lipinski definition) is 3. The van der Waals surface area contributed by atoms with E-state index in [9.17, 15) is 4.79 Å². The van der Waals surface area contributed by atoms with Gasteiger partial charge in [-0.2, -0.15) is 0 Å². The maximum Gasteiger partial charge on any atom is 0.252 e. The molecule has 3 nitrogen and oxygen atoms in total. The lowest BCUT2D eigenvalue weighted by molar-refractivity contribution is 0.0948. The number of rotatable bonds is 6. The fourth-order valence-electron chi connectivity index (χ4n) is 2.65. The van der Waals surface area contributed by atoms with Gasteiger partial charge in [-0.15, -0.1) is 11.8 Å². The number of nitrogens with one attached hydrogen (secondary N) is 1. The summed E-state index contributed by atoms with van der Waals surface area (Å²) >= 11 is 7.82. The minimum atomic E-state index is -0.0784. The first-order valence-electron chi connectivity index (χ1n) is 8.09. The van der Waals surface area contributed by atoms with Crippen LogP contribution in [0.1, 0.15) is 28.8 Å². The number of benzene rings is 2. The van der Waals surface area contributed by atoms with Crippen molar-refractivity contribution in [2.75, 3.05) is 12.4 Å². The highest BCUT2D eigenvalue weighted by Gasteiger charge is 2.18. The Kier molecular flexibility index (Phi) is 6.18. The number of halogens is 1. The Morgan fingerprint density at radius 3 is 2.79 bits per heavy atom. The van der Waals surface area contributed by atoms with E-state index in [-0.39, 0.29) is 5.91 Å². The summed E-state index contributed by atoms with van der Waals surface area (Å²) < 4.78 is 5.66. The summed E-state index contributed by atoms with van der Waals surface area (Å²) in [6, 6.07) is 15.2. The van der Waals surface area contributed by atoms with Crippen LogP contribution in [-0.2, 0) is 11.3 Å². The van der Waals surface area contributed by atoms with Gasteiger partial charge in [0.25, 0.3) is 5.91 Å². The van der Waals surface area contributed by atoms with Gasteiger partial charge in [0.05, 0.1) is 11.7 Å². The Morgan fingerprint density at radius 2 is 2.00 bits per heavy atom. The Labute approximate surface area is 151 Å². The lowest BCUT2D eigenvalue weighted by Gasteiger charge is -2.12. The molecule has 1 amide bonds. The largest absolute Gasteiger partial charge is 0.377 e. The molecule has 24 heavy (non-hydrogen) atoms. The lowest BCUT2D eigenvalue weighted by Crippen LogP contribution is -2.23. The highest BCUT2D eigenvalue weighted by molar-refractivity contribution is 7.99. The van der Waals surface area contributed by atoms with Crippen LogP contribution in [0.2, 0.25) is 5.02 Å². The van der Waals surface area contributed by atoms with Crippen LogP contribution in [0.25, 0.3) is 0 Å². The molecule has 0 aliphatic carbocycles. The molecular formula is C19H20ClNO2S. The average Bonchev–Trinajstić information content (AvgIpc) is 3.13. The predicted octanol–water partition coefficient (Wildman–Crippen LogP) is 4.54. The van der Waals surface area contributed by atoms with Gasteiger partial charge in [-0.05, 0) is 36.6 Å². The molecular weight excluding hydrogens is 342 g/mol. The Bertz CT molecular complexity index is 701. The number of carbonyl (C=O) groups excluding carboxylic acids is 1. The van der Waals surface area contributed by atoms with Crippen LogP contribution >= 0.6 is 23.4 Å². The van der Waals surface area contributed by atoms with Crippen LogP contribution in [-0.4, -0.2) is 24.4 Å². The van der Waals surface area contributed by atoms with Gasteiger partial charge in [0, 0.05) is 28.8 Å². The number of ether oxygens (including phenoxy) is 1. The van der Waals surface area contributed by atoms with Gasteiger partial charge in [0.2, 0.25) is 0 Å². The topological polar surface area (TPSA) is 38.3 Å². The van der Waals surface area contributed by atoms with Crippen molar-refractivity contribution in [3.05, 3.63) is 64.7 Å². The van der Waals surface area contributed by atoms with Crippen LogP contribution in [0.4, 0.5) is 0 Å². The van der Waals surface area contributed by atoms with E-state index in [0.717, 1.165) is 35.7 Å². The molecule has 1 N–H and O–H groups in total. The minimum absolute atomic E-state index is 0.0784. The summed E-state index contributed by atoms with van der Waals surface area (Å²) in [5, 5.41) is 3.62. The second kappa shape index (κ2) is 8.56. The molecule has 0 radical (unpaired) electrons. The third kappa shape index (κ3) is 4.53. The molecule has 1 aliphatic heterocycles. The van der Waals surface area contributed by atoms with Crippen LogP contribution < -0.4 is 5.32 Å². The SMILES string of the molecule is O=C(NCc1ccccc1Cl)c1ccccc1SC[C@H]1CCCO1. The van der Waals surface area contributed by atoms with Crippen LogP contribution in [0, 0.1) is 0 Å². The van der Waals surface area contributed by atoms with Gasteiger partial charge in [0.1, 0.15) is 0 Å². The molecule has 1 fully saturated rings. The fraction of sp³-hybridized carbons (Fsp3) is 0.316. The third-order valence-electron chi connectivity index (χ3n) is 3.98.